The van der Waals surface area contributed by atoms with Gasteiger partial charge in [0.15, 0.2) is 11.9 Å². The molecule has 1 aromatic carbocycles. The summed E-state index contributed by atoms with van der Waals surface area (Å²) >= 11 is 0. The van der Waals surface area contributed by atoms with Gasteiger partial charge in [0.1, 0.15) is 18.1 Å². The number of carboxylic acids is 1. The third kappa shape index (κ3) is 12.7. The van der Waals surface area contributed by atoms with Crippen molar-refractivity contribution in [1.82, 2.24) is 20.9 Å². The normalized spacial score (nSPS) is 13.7. The Balaban J connectivity index is 2.15. The second-order valence-corrected chi connectivity index (χ2v) is 11.2. The van der Waals surface area contributed by atoms with Crippen LogP contribution in [0, 0.1) is 5.92 Å². The van der Waals surface area contributed by atoms with Gasteiger partial charge in [-0.05, 0) is 56.1 Å². The largest absolute Gasteiger partial charge is 0.480 e. The van der Waals surface area contributed by atoms with Gasteiger partial charge < -0.3 is 54.7 Å². The van der Waals surface area contributed by atoms with Crippen LogP contribution in [-0.4, -0.2) is 83.0 Å². The van der Waals surface area contributed by atoms with Gasteiger partial charge in [-0.15, -0.1) is 0 Å². The average molecular weight is 630 g/mol. The van der Waals surface area contributed by atoms with Crippen molar-refractivity contribution < 1.29 is 24.3 Å². The SMILES string of the molecule is CC(C)CC(NC(=O)C(N)Cc1c[nH]c2ccccc12)C(=O)NC(CCCN=C(N)N)C(=O)NC(CCCN=C(N)N)C(=O)O. The first kappa shape index (κ1) is 36.3. The molecule has 1 aromatic heterocycles. The molecule has 16 nitrogen and oxygen atoms in total. The van der Waals surface area contributed by atoms with Crippen LogP contribution in [0.5, 0.6) is 0 Å². The van der Waals surface area contributed by atoms with E-state index in [1.807, 2.05) is 38.1 Å². The van der Waals surface area contributed by atoms with E-state index < -0.39 is 47.9 Å². The van der Waals surface area contributed by atoms with Gasteiger partial charge in [0.25, 0.3) is 0 Å². The van der Waals surface area contributed by atoms with Crippen molar-refractivity contribution in [3.05, 3.63) is 36.0 Å². The molecular formula is C29H47N11O5. The van der Waals surface area contributed by atoms with E-state index in [4.69, 9.17) is 28.7 Å². The van der Waals surface area contributed by atoms with E-state index in [9.17, 15) is 24.3 Å². The minimum atomic E-state index is -1.26. The summed E-state index contributed by atoms with van der Waals surface area (Å²) in [5, 5.41) is 18.5. The van der Waals surface area contributed by atoms with Crippen LogP contribution in [-0.2, 0) is 25.6 Å². The molecule has 0 aliphatic carbocycles. The smallest absolute Gasteiger partial charge is 0.326 e. The van der Waals surface area contributed by atoms with Crippen molar-refractivity contribution >= 4 is 46.5 Å². The highest BCUT2D eigenvalue weighted by atomic mass is 16.4. The molecule has 2 rings (SSSR count). The van der Waals surface area contributed by atoms with Crippen LogP contribution in [0.25, 0.3) is 10.9 Å². The van der Waals surface area contributed by atoms with Crippen molar-refractivity contribution in [3.8, 4) is 0 Å². The molecule has 16 heteroatoms. The van der Waals surface area contributed by atoms with E-state index in [1.54, 1.807) is 6.20 Å². The zero-order valence-corrected chi connectivity index (χ0v) is 25.8. The molecule has 248 valence electrons. The average Bonchev–Trinajstić information content (AvgIpc) is 3.37. The Bertz CT molecular complexity index is 1350. The van der Waals surface area contributed by atoms with Gasteiger partial charge in [-0.2, -0.15) is 0 Å². The maximum atomic E-state index is 13.5. The van der Waals surface area contributed by atoms with E-state index in [2.05, 4.69) is 30.9 Å². The van der Waals surface area contributed by atoms with E-state index in [-0.39, 0.29) is 63.0 Å². The quantitative estimate of drug-likeness (QED) is 0.0499. The summed E-state index contributed by atoms with van der Waals surface area (Å²) < 4.78 is 0. The monoisotopic (exact) mass is 629 g/mol. The lowest BCUT2D eigenvalue weighted by Crippen LogP contribution is -2.57. The molecule has 0 fully saturated rings. The molecule has 0 bridgehead atoms. The lowest BCUT2D eigenvalue weighted by Gasteiger charge is -2.26. The molecule has 2 aromatic rings. The maximum absolute atomic E-state index is 13.5. The molecule has 4 atom stereocenters. The lowest BCUT2D eigenvalue weighted by molar-refractivity contribution is -0.142. The van der Waals surface area contributed by atoms with Gasteiger partial charge in [-0.1, -0.05) is 32.0 Å². The summed E-state index contributed by atoms with van der Waals surface area (Å²) in [6.45, 7) is 4.13. The Morgan fingerprint density at radius 3 is 1.93 bits per heavy atom. The zero-order chi connectivity index (χ0) is 33.5. The van der Waals surface area contributed by atoms with E-state index in [1.165, 1.54) is 0 Å². The molecular weight excluding hydrogens is 582 g/mol. The highest BCUT2D eigenvalue weighted by molar-refractivity contribution is 5.94. The number of hydrogen-bond donors (Lipinski definition) is 10. The summed E-state index contributed by atoms with van der Waals surface area (Å²) in [5.41, 5.74) is 29.4. The predicted octanol–water partition coefficient (Wildman–Crippen LogP) is -1.27. The van der Waals surface area contributed by atoms with Gasteiger partial charge in [0.2, 0.25) is 17.7 Å². The topological polar surface area (TPSA) is 295 Å². The molecule has 1 heterocycles. The first-order valence-corrected chi connectivity index (χ1v) is 14.8. The van der Waals surface area contributed by atoms with Crippen molar-refractivity contribution in [2.75, 3.05) is 13.1 Å². The number of benzene rings is 1. The number of aliphatic carboxylic acids is 1. The van der Waals surface area contributed by atoms with Gasteiger partial charge in [0, 0.05) is 30.2 Å². The number of carbonyl (C=O) groups is 4. The number of guanidine groups is 2. The van der Waals surface area contributed by atoms with Crippen molar-refractivity contribution in [3.63, 3.8) is 0 Å². The van der Waals surface area contributed by atoms with Crippen LogP contribution in [0.4, 0.5) is 0 Å². The number of aromatic amines is 1. The van der Waals surface area contributed by atoms with Gasteiger partial charge in [-0.25, -0.2) is 4.79 Å². The van der Waals surface area contributed by atoms with Crippen LogP contribution in [0.1, 0.15) is 51.5 Å². The molecule has 0 saturated heterocycles. The lowest BCUT2D eigenvalue weighted by atomic mass is 10.0. The summed E-state index contributed by atoms with van der Waals surface area (Å²) in [6, 6.07) is 3.30. The number of nitrogens with two attached hydrogens (primary N) is 5. The number of hydrogen-bond acceptors (Lipinski definition) is 7. The van der Waals surface area contributed by atoms with Crippen LogP contribution < -0.4 is 44.6 Å². The highest BCUT2D eigenvalue weighted by Crippen LogP contribution is 2.19. The van der Waals surface area contributed by atoms with Crippen molar-refractivity contribution in [2.24, 2.45) is 44.6 Å². The minimum absolute atomic E-state index is 0.00152. The van der Waals surface area contributed by atoms with Crippen LogP contribution in [0.15, 0.2) is 40.4 Å². The minimum Gasteiger partial charge on any atom is -0.480 e. The number of amides is 3. The van der Waals surface area contributed by atoms with E-state index >= 15 is 0 Å². The second kappa shape index (κ2) is 18.1. The predicted molar refractivity (Wildman–Crippen MR) is 173 cm³/mol. The summed E-state index contributed by atoms with van der Waals surface area (Å²) in [4.78, 5) is 62.6. The second-order valence-electron chi connectivity index (χ2n) is 11.2. The number of nitrogens with zero attached hydrogens (tertiary/aromatic N) is 2. The van der Waals surface area contributed by atoms with Crippen LogP contribution >= 0.6 is 0 Å². The summed E-state index contributed by atoms with van der Waals surface area (Å²) in [5.74, 6) is -3.37. The molecule has 0 radical (unpaired) electrons. The number of rotatable bonds is 19. The molecule has 0 aliphatic rings. The number of carbonyl (C=O) groups excluding carboxylic acids is 3. The number of fused-ring (bicyclic) bond motifs is 1. The molecule has 4 unspecified atom stereocenters. The summed E-state index contributed by atoms with van der Waals surface area (Å²) in [7, 11) is 0. The standard InChI is InChI=1S/C29H47N11O5/c1-16(2)13-23(40-24(41)19(30)14-17-15-37-20-8-4-3-7-18(17)20)26(43)38-21(9-5-11-35-28(31)32)25(42)39-22(27(44)45)10-6-12-36-29(33)34/h3-4,7-8,15-16,19,21-23,37H,5-6,9-14,30H2,1-2H3,(H,38,43)(H,39,42)(H,40,41)(H,44,45)(H4,31,32,35)(H4,33,34,36). The molecule has 3 amide bonds. The summed E-state index contributed by atoms with van der Waals surface area (Å²) in [6.07, 6.45) is 3.04. The molecule has 15 N–H and O–H groups in total. The van der Waals surface area contributed by atoms with Crippen LogP contribution in [0.2, 0.25) is 0 Å². The molecule has 0 aliphatic heterocycles. The zero-order valence-electron chi connectivity index (χ0n) is 25.8. The van der Waals surface area contributed by atoms with Gasteiger partial charge >= 0.3 is 5.97 Å². The van der Waals surface area contributed by atoms with Crippen molar-refractivity contribution in [1.29, 1.82) is 0 Å². The number of H-pyrrole nitrogens is 1. The Labute approximate surface area is 262 Å². The van der Waals surface area contributed by atoms with Crippen molar-refractivity contribution in [2.45, 2.75) is 76.5 Å². The number of aromatic nitrogens is 1. The molecule has 0 saturated carbocycles. The first-order valence-electron chi connectivity index (χ1n) is 14.8. The molecule has 45 heavy (non-hydrogen) atoms. The third-order valence-corrected chi connectivity index (χ3v) is 6.93. The van der Waals surface area contributed by atoms with Gasteiger partial charge in [-0.3, -0.25) is 24.4 Å². The van der Waals surface area contributed by atoms with E-state index in [0.717, 1.165) is 16.5 Å². The fourth-order valence-electron chi connectivity index (χ4n) is 4.69. The van der Waals surface area contributed by atoms with Crippen LogP contribution in [0.3, 0.4) is 0 Å². The number of carboxylic acid groups (broad SMARTS) is 1. The first-order chi connectivity index (χ1) is 21.3. The Hall–Kier alpha value is -4.86. The third-order valence-electron chi connectivity index (χ3n) is 6.93. The van der Waals surface area contributed by atoms with E-state index in [0.29, 0.717) is 6.42 Å². The highest BCUT2D eigenvalue weighted by Gasteiger charge is 2.30. The number of nitrogens with one attached hydrogen (secondary N) is 4. The Kier molecular flexibility index (Phi) is 14.6. The maximum Gasteiger partial charge on any atom is 0.326 e. The van der Waals surface area contributed by atoms with Gasteiger partial charge in [0.05, 0.1) is 6.04 Å². The number of para-hydroxylation sites is 1. The fraction of sp³-hybridized carbons (Fsp3) is 0.517. The Morgan fingerprint density at radius 1 is 0.822 bits per heavy atom. The Morgan fingerprint density at radius 2 is 1.36 bits per heavy atom. The number of aliphatic imine (C=N–C) groups is 2. The fourth-order valence-corrected chi connectivity index (χ4v) is 4.69. The molecule has 0 spiro atoms.